The molecule has 0 radical (unpaired) electrons. The van der Waals surface area contributed by atoms with E-state index in [1.54, 1.807) is 18.5 Å². The van der Waals surface area contributed by atoms with Crippen LogP contribution in [0.2, 0.25) is 0 Å². The summed E-state index contributed by atoms with van der Waals surface area (Å²) in [6.45, 7) is 1.77. The molecule has 0 unspecified atom stereocenters. The Morgan fingerprint density at radius 1 is 1.56 bits per heavy atom. The van der Waals surface area contributed by atoms with Gasteiger partial charge in [0.25, 0.3) is 10.0 Å². The topological polar surface area (TPSA) is 90.0 Å². The molecule has 0 bridgehead atoms. The van der Waals surface area contributed by atoms with E-state index in [4.69, 9.17) is 4.52 Å². The summed E-state index contributed by atoms with van der Waals surface area (Å²) in [6, 6.07) is 0. The van der Waals surface area contributed by atoms with E-state index < -0.39 is 10.0 Å². The first-order valence-corrected chi connectivity index (χ1v) is 7.26. The van der Waals surface area contributed by atoms with E-state index in [9.17, 15) is 8.42 Å². The molecule has 2 aromatic heterocycles. The number of hydrogen-bond acceptors (Lipinski definition) is 5. The number of aryl methyl sites for hydroxylation is 2. The van der Waals surface area contributed by atoms with Gasteiger partial charge in [-0.2, -0.15) is 0 Å². The predicted molar refractivity (Wildman–Crippen MR) is 66.2 cm³/mol. The lowest BCUT2D eigenvalue weighted by molar-refractivity contribution is 0.389. The molecule has 98 valence electrons. The minimum Gasteiger partial charge on any atom is -0.360 e. The molecule has 0 aliphatic carbocycles. The fourth-order valence-electron chi connectivity index (χ4n) is 1.28. The molecule has 9 heteroatoms. The number of nitrogens with zero attached hydrogens (tertiary/aromatic N) is 3. The molecule has 0 atom stereocenters. The number of halogens is 1. The number of hydrogen-bond donors (Lipinski definition) is 1. The Labute approximate surface area is 112 Å². The minimum atomic E-state index is -3.63. The van der Waals surface area contributed by atoms with E-state index in [0.29, 0.717) is 15.9 Å². The van der Waals surface area contributed by atoms with Crippen molar-refractivity contribution in [2.45, 2.75) is 18.5 Å². The summed E-state index contributed by atoms with van der Waals surface area (Å²) in [7, 11) is -1.93. The van der Waals surface area contributed by atoms with Gasteiger partial charge >= 0.3 is 0 Å². The van der Waals surface area contributed by atoms with Crippen molar-refractivity contribution in [1.82, 2.24) is 19.4 Å². The molecule has 2 rings (SSSR count). The third-order valence-electron chi connectivity index (χ3n) is 2.24. The first-order valence-electron chi connectivity index (χ1n) is 4.98. The van der Waals surface area contributed by atoms with Gasteiger partial charge < -0.3 is 9.09 Å². The third kappa shape index (κ3) is 2.62. The maximum absolute atomic E-state index is 11.9. The monoisotopic (exact) mass is 334 g/mol. The summed E-state index contributed by atoms with van der Waals surface area (Å²) in [5.74, 6) is 0.599. The van der Waals surface area contributed by atoms with Gasteiger partial charge in [-0.05, 0) is 22.9 Å². The van der Waals surface area contributed by atoms with Crippen LogP contribution in [0.3, 0.4) is 0 Å². The van der Waals surface area contributed by atoms with Crippen LogP contribution in [-0.4, -0.2) is 23.1 Å². The van der Waals surface area contributed by atoms with E-state index >= 15 is 0 Å². The Morgan fingerprint density at radius 3 is 2.78 bits per heavy atom. The van der Waals surface area contributed by atoms with Crippen molar-refractivity contribution in [3.8, 4) is 0 Å². The van der Waals surface area contributed by atoms with Crippen LogP contribution in [-0.2, 0) is 23.6 Å². The van der Waals surface area contributed by atoms with Crippen LogP contribution in [0.25, 0.3) is 0 Å². The summed E-state index contributed by atoms with van der Waals surface area (Å²) in [6.07, 6.45) is 2.84. The van der Waals surface area contributed by atoms with Crippen LogP contribution < -0.4 is 4.72 Å². The SMILES string of the molecule is Cc1onc(CNS(=O)(=O)c2cn(C)cn2)c1Br. The van der Waals surface area contributed by atoms with Crippen molar-refractivity contribution in [2.75, 3.05) is 0 Å². The van der Waals surface area contributed by atoms with Crippen molar-refractivity contribution in [2.24, 2.45) is 7.05 Å². The Bertz CT molecular complexity index is 661. The van der Waals surface area contributed by atoms with Crippen LogP contribution in [0.5, 0.6) is 0 Å². The molecule has 0 amide bonds. The Hall–Kier alpha value is -1.19. The average molecular weight is 335 g/mol. The molecular weight excluding hydrogens is 324 g/mol. The van der Waals surface area contributed by atoms with Gasteiger partial charge in [-0.25, -0.2) is 18.1 Å². The molecule has 0 aliphatic heterocycles. The molecular formula is C9H11BrN4O3S. The summed E-state index contributed by atoms with van der Waals surface area (Å²) in [5.41, 5.74) is 0.493. The van der Waals surface area contributed by atoms with Crippen molar-refractivity contribution >= 4 is 26.0 Å². The maximum Gasteiger partial charge on any atom is 0.259 e. The number of aromatic nitrogens is 3. The highest BCUT2D eigenvalue weighted by atomic mass is 79.9. The first-order chi connectivity index (χ1) is 8.40. The smallest absolute Gasteiger partial charge is 0.259 e. The fourth-order valence-corrected chi connectivity index (χ4v) is 2.53. The standard InChI is InChI=1S/C9H11BrN4O3S/c1-6-9(10)7(13-17-6)3-12-18(15,16)8-4-14(2)5-11-8/h4-5,12H,3H2,1-2H3. The maximum atomic E-state index is 11.9. The van der Waals surface area contributed by atoms with Crippen LogP contribution in [0.15, 0.2) is 26.5 Å². The average Bonchev–Trinajstić information content (AvgIpc) is 2.86. The molecule has 0 aromatic carbocycles. The second kappa shape index (κ2) is 4.82. The summed E-state index contributed by atoms with van der Waals surface area (Å²) < 4.78 is 33.3. The van der Waals surface area contributed by atoms with E-state index in [-0.39, 0.29) is 11.6 Å². The summed E-state index contributed by atoms with van der Waals surface area (Å²) in [5, 5.41) is 3.72. The highest BCUT2D eigenvalue weighted by molar-refractivity contribution is 9.10. The molecule has 7 nitrogen and oxygen atoms in total. The highest BCUT2D eigenvalue weighted by Crippen LogP contribution is 2.20. The Balaban J connectivity index is 2.13. The number of nitrogens with one attached hydrogen (secondary N) is 1. The Morgan fingerprint density at radius 2 is 2.28 bits per heavy atom. The number of rotatable bonds is 4. The van der Waals surface area contributed by atoms with Crippen molar-refractivity contribution < 1.29 is 12.9 Å². The van der Waals surface area contributed by atoms with E-state index in [2.05, 4.69) is 30.8 Å². The lowest BCUT2D eigenvalue weighted by Crippen LogP contribution is -2.23. The third-order valence-corrected chi connectivity index (χ3v) is 4.54. The highest BCUT2D eigenvalue weighted by Gasteiger charge is 2.18. The van der Waals surface area contributed by atoms with Gasteiger partial charge in [0.1, 0.15) is 11.5 Å². The van der Waals surface area contributed by atoms with E-state index in [1.807, 2.05) is 0 Å². The molecule has 0 spiro atoms. The Kier molecular flexibility index (Phi) is 3.55. The molecule has 2 aromatic rings. The minimum absolute atomic E-state index is 0.0265. The van der Waals surface area contributed by atoms with Crippen molar-refractivity contribution in [1.29, 1.82) is 0 Å². The molecule has 2 heterocycles. The van der Waals surface area contributed by atoms with E-state index in [0.717, 1.165) is 0 Å². The summed E-state index contributed by atoms with van der Waals surface area (Å²) >= 11 is 3.27. The zero-order valence-electron chi connectivity index (χ0n) is 9.71. The van der Waals surface area contributed by atoms with E-state index in [1.165, 1.54) is 12.5 Å². The molecule has 0 saturated heterocycles. The zero-order chi connectivity index (χ0) is 13.3. The number of imidazole rings is 1. The van der Waals surface area contributed by atoms with Gasteiger partial charge in [-0.15, -0.1) is 0 Å². The van der Waals surface area contributed by atoms with Gasteiger partial charge in [0.05, 0.1) is 17.3 Å². The van der Waals surface area contributed by atoms with Crippen LogP contribution in [0.4, 0.5) is 0 Å². The lowest BCUT2D eigenvalue weighted by Gasteiger charge is -2.01. The first kappa shape index (κ1) is 13.2. The quantitative estimate of drug-likeness (QED) is 0.899. The van der Waals surface area contributed by atoms with Crippen molar-refractivity contribution in [3.05, 3.63) is 28.5 Å². The molecule has 0 saturated carbocycles. The molecule has 18 heavy (non-hydrogen) atoms. The van der Waals surface area contributed by atoms with Crippen LogP contribution in [0, 0.1) is 6.92 Å². The largest absolute Gasteiger partial charge is 0.360 e. The summed E-state index contributed by atoms with van der Waals surface area (Å²) in [4.78, 5) is 3.78. The van der Waals surface area contributed by atoms with Gasteiger partial charge in [-0.3, -0.25) is 0 Å². The molecule has 0 fully saturated rings. The van der Waals surface area contributed by atoms with Gasteiger partial charge in [0.15, 0.2) is 5.03 Å². The van der Waals surface area contributed by atoms with Gasteiger partial charge in [0, 0.05) is 13.2 Å². The van der Waals surface area contributed by atoms with Crippen LogP contribution in [0.1, 0.15) is 11.5 Å². The second-order valence-electron chi connectivity index (χ2n) is 3.70. The van der Waals surface area contributed by atoms with Gasteiger partial charge in [0.2, 0.25) is 0 Å². The molecule has 0 aliphatic rings. The normalized spacial score (nSPS) is 11.9. The second-order valence-corrected chi connectivity index (χ2v) is 6.21. The number of sulfonamides is 1. The fraction of sp³-hybridized carbons (Fsp3) is 0.333. The van der Waals surface area contributed by atoms with Crippen LogP contribution >= 0.6 is 15.9 Å². The van der Waals surface area contributed by atoms with Crippen molar-refractivity contribution in [3.63, 3.8) is 0 Å². The van der Waals surface area contributed by atoms with Gasteiger partial charge in [-0.1, -0.05) is 5.16 Å². The zero-order valence-corrected chi connectivity index (χ0v) is 12.1. The molecule has 1 N–H and O–H groups in total. The lowest BCUT2D eigenvalue weighted by atomic mass is 10.4. The predicted octanol–water partition coefficient (Wildman–Crippen LogP) is 0.958.